The molecular weight excluding hydrogens is 448 g/mol. The second-order valence-electron chi connectivity index (χ2n) is 7.94. The molecule has 8 heteroatoms. The molecule has 0 atom stereocenters. The van der Waals surface area contributed by atoms with Gasteiger partial charge in [-0.05, 0) is 47.9 Å². The first-order chi connectivity index (χ1) is 16.9. The van der Waals surface area contributed by atoms with Gasteiger partial charge in [-0.3, -0.25) is 4.79 Å². The number of fused-ring (bicyclic) bond motifs is 1. The number of nitrogen functional groups attached to an aromatic ring is 1. The lowest BCUT2D eigenvalue weighted by Gasteiger charge is -2.11. The molecule has 0 saturated heterocycles. The predicted octanol–water partition coefficient (Wildman–Crippen LogP) is 4.52. The third kappa shape index (κ3) is 5.12. The molecule has 0 fully saturated rings. The Hall–Kier alpha value is -4.30. The molecule has 0 aliphatic heterocycles. The Morgan fingerprint density at radius 3 is 2.57 bits per heavy atom. The van der Waals surface area contributed by atoms with Gasteiger partial charge in [0.2, 0.25) is 5.76 Å². The highest BCUT2D eigenvalue weighted by Gasteiger charge is 2.23. The number of carboxylic acids is 1. The zero-order chi connectivity index (χ0) is 24.9. The third-order valence-corrected chi connectivity index (χ3v) is 5.60. The van der Waals surface area contributed by atoms with Crippen LogP contribution in [0.2, 0.25) is 0 Å². The van der Waals surface area contributed by atoms with Crippen molar-refractivity contribution in [3.63, 3.8) is 0 Å². The summed E-state index contributed by atoms with van der Waals surface area (Å²) in [6.07, 6.45) is 0.0382. The average molecular weight is 475 g/mol. The normalized spacial score (nSPS) is 10.9. The van der Waals surface area contributed by atoms with E-state index in [0.29, 0.717) is 34.5 Å². The summed E-state index contributed by atoms with van der Waals surface area (Å²) in [5.74, 6) is -1.40. The van der Waals surface area contributed by atoms with Crippen molar-refractivity contribution in [2.75, 3.05) is 12.3 Å². The molecule has 0 amide bonds. The van der Waals surface area contributed by atoms with E-state index in [2.05, 4.69) is 0 Å². The SMILES string of the molecule is CCOC(=O)Cc1ccccc1OCc1c(C(=O)O)oc2c(N)cc(-c3cccc(CN)c3)cc12. The quantitative estimate of drug-likeness (QED) is 0.238. The minimum absolute atomic E-state index is 0.0382. The van der Waals surface area contributed by atoms with E-state index in [0.717, 1.165) is 16.7 Å². The van der Waals surface area contributed by atoms with Crippen LogP contribution in [0, 0.1) is 0 Å². The number of aromatic carboxylic acids is 1. The Labute approximate surface area is 202 Å². The number of carboxylic acid groups (broad SMARTS) is 1. The highest BCUT2D eigenvalue weighted by Crippen LogP contribution is 2.36. The van der Waals surface area contributed by atoms with E-state index in [9.17, 15) is 14.7 Å². The Bertz CT molecular complexity index is 1390. The van der Waals surface area contributed by atoms with E-state index in [1.807, 2.05) is 30.3 Å². The number of anilines is 1. The summed E-state index contributed by atoms with van der Waals surface area (Å²) in [5, 5.41) is 10.3. The zero-order valence-electron chi connectivity index (χ0n) is 19.2. The average Bonchev–Trinajstić information content (AvgIpc) is 3.23. The van der Waals surface area contributed by atoms with Crippen LogP contribution in [-0.2, 0) is 29.1 Å². The summed E-state index contributed by atoms with van der Waals surface area (Å²) < 4.78 is 16.7. The van der Waals surface area contributed by atoms with Gasteiger partial charge in [-0.25, -0.2) is 4.79 Å². The van der Waals surface area contributed by atoms with Crippen molar-refractivity contribution in [1.82, 2.24) is 0 Å². The number of furan rings is 1. The van der Waals surface area contributed by atoms with Crippen LogP contribution in [0.4, 0.5) is 5.69 Å². The van der Waals surface area contributed by atoms with Gasteiger partial charge in [0.15, 0.2) is 5.58 Å². The van der Waals surface area contributed by atoms with Crippen molar-refractivity contribution >= 4 is 28.6 Å². The van der Waals surface area contributed by atoms with Crippen LogP contribution in [-0.4, -0.2) is 23.7 Å². The Kier molecular flexibility index (Phi) is 7.03. The lowest BCUT2D eigenvalue weighted by atomic mass is 9.99. The Morgan fingerprint density at radius 2 is 1.83 bits per heavy atom. The number of hydrogen-bond acceptors (Lipinski definition) is 7. The largest absolute Gasteiger partial charge is 0.488 e. The molecule has 35 heavy (non-hydrogen) atoms. The number of ether oxygens (including phenoxy) is 2. The molecule has 8 nitrogen and oxygen atoms in total. The molecule has 180 valence electrons. The summed E-state index contributed by atoms with van der Waals surface area (Å²) in [6.45, 7) is 2.32. The van der Waals surface area contributed by atoms with Crippen LogP contribution in [0.15, 0.2) is 65.1 Å². The van der Waals surface area contributed by atoms with Gasteiger partial charge in [0, 0.05) is 17.5 Å². The molecule has 0 spiro atoms. The molecule has 0 bridgehead atoms. The first-order valence-electron chi connectivity index (χ1n) is 11.1. The third-order valence-electron chi connectivity index (χ3n) is 5.60. The van der Waals surface area contributed by atoms with Gasteiger partial charge in [0.25, 0.3) is 0 Å². The molecule has 4 aromatic rings. The van der Waals surface area contributed by atoms with E-state index in [1.54, 1.807) is 37.3 Å². The fourth-order valence-electron chi connectivity index (χ4n) is 3.94. The second-order valence-corrected chi connectivity index (χ2v) is 7.94. The lowest BCUT2D eigenvalue weighted by molar-refractivity contribution is -0.142. The van der Waals surface area contributed by atoms with Crippen molar-refractivity contribution in [2.45, 2.75) is 26.5 Å². The van der Waals surface area contributed by atoms with Crippen LogP contribution in [0.3, 0.4) is 0 Å². The molecule has 0 saturated carbocycles. The highest BCUT2D eigenvalue weighted by atomic mass is 16.5. The summed E-state index contributed by atoms with van der Waals surface area (Å²) in [7, 11) is 0. The molecule has 0 unspecified atom stereocenters. The number of nitrogens with two attached hydrogens (primary N) is 2. The van der Waals surface area contributed by atoms with Crippen molar-refractivity contribution in [2.24, 2.45) is 5.73 Å². The first kappa shape index (κ1) is 23.8. The fraction of sp³-hybridized carbons (Fsp3) is 0.185. The van der Waals surface area contributed by atoms with E-state index in [4.69, 9.17) is 25.4 Å². The monoisotopic (exact) mass is 474 g/mol. The summed E-state index contributed by atoms with van der Waals surface area (Å²) in [5.41, 5.74) is 16.3. The summed E-state index contributed by atoms with van der Waals surface area (Å²) >= 11 is 0. The molecule has 5 N–H and O–H groups in total. The maximum Gasteiger partial charge on any atom is 0.372 e. The van der Waals surface area contributed by atoms with Gasteiger partial charge in [-0.2, -0.15) is 0 Å². The Morgan fingerprint density at radius 1 is 1.03 bits per heavy atom. The first-order valence-corrected chi connectivity index (χ1v) is 11.1. The number of para-hydroxylation sites is 1. The molecule has 1 heterocycles. The number of hydrogen-bond donors (Lipinski definition) is 3. The highest BCUT2D eigenvalue weighted by molar-refractivity contribution is 6.01. The topological polar surface area (TPSA) is 138 Å². The van der Waals surface area contributed by atoms with E-state index >= 15 is 0 Å². The van der Waals surface area contributed by atoms with Gasteiger partial charge in [-0.15, -0.1) is 0 Å². The van der Waals surface area contributed by atoms with Crippen molar-refractivity contribution in [3.8, 4) is 16.9 Å². The van der Waals surface area contributed by atoms with Crippen molar-refractivity contribution < 1.29 is 28.6 Å². The number of esters is 1. The van der Waals surface area contributed by atoms with Crippen molar-refractivity contribution in [1.29, 1.82) is 0 Å². The predicted molar refractivity (Wildman–Crippen MR) is 132 cm³/mol. The second kappa shape index (κ2) is 10.3. The molecule has 0 aliphatic carbocycles. The number of benzene rings is 3. The van der Waals surface area contributed by atoms with Crippen molar-refractivity contribution in [3.05, 3.63) is 83.1 Å². The Balaban J connectivity index is 1.73. The molecular formula is C27H26N2O6. The standard InChI is InChI=1S/C27H26N2O6/c1-2-33-24(30)13-18-7-3-4-9-23(18)34-15-21-20-11-19(17-8-5-6-16(10-17)14-28)12-22(29)25(20)35-26(21)27(31)32/h3-12H,2,13-15,28-29H2,1H3,(H,31,32). The number of rotatable bonds is 9. The summed E-state index contributed by atoms with van der Waals surface area (Å²) in [4.78, 5) is 24.0. The van der Waals surface area contributed by atoms with Crippen LogP contribution >= 0.6 is 0 Å². The summed E-state index contributed by atoms with van der Waals surface area (Å²) in [6, 6.07) is 18.3. The minimum atomic E-state index is -1.23. The minimum Gasteiger partial charge on any atom is -0.488 e. The van der Waals surface area contributed by atoms with E-state index in [-0.39, 0.29) is 36.9 Å². The smallest absolute Gasteiger partial charge is 0.372 e. The zero-order valence-corrected chi connectivity index (χ0v) is 19.2. The molecule has 0 radical (unpaired) electrons. The molecule has 1 aromatic heterocycles. The number of carbonyl (C=O) groups excluding carboxylic acids is 1. The lowest BCUT2D eigenvalue weighted by Crippen LogP contribution is -2.09. The van der Waals surface area contributed by atoms with Crippen LogP contribution in [0.25, 0.3) is 22.1 Å². The van der Waals surface area contributed by atoms with E-state index < -0.39 is 5.97 Å². The van der Waals surface area contributed by atoms with Crippen LogP contribution in [0.1, 0.15) is 34.2 Å². The fourth-order valence-corrected chi connectivity index (χ4v) is 3.94. The van der Waals surface area contributed by atoms with Gasteiger partial charge in [0.1, 0.15) is 12.4 Å². The maximum absolute atomic E-state index is 12.0. The number of carbonyl (C=O) groups is 2. The molecule has 0 aliphatic rings. The molecule has 3 aromatic carbocycles. The van der Waals surface area contributed by atoms with Crippen LogP contribution < -0.4 is 16.2 Å². The van der Waals surface area contributed by atoms with Crippen LogP contribution in [0.5, 0.6) is 5.75 Å². The van der Waals surface area contributed by atoms with Gasteiger partial charge < -0.3 is 30.5 Å². The van der Waals surface area contributed by atoms with Gasteiger partial charge in [-0.1, -0.05) is 36.4 Å². The van der Waals surface area contributed by atoms with E-state index in [1.165, 1.54) is 0 Å². The molecule has 4 rings (SSSR count). The van der Waals surface area contributed by atoms with Gasteiger partial charge in [0.05, 0.1) is 24.3 Å². The maximum atomic E-state index is 12.0. The van der Waals surface area contributed by atoms with Gasteiger partial charge >= 0.3 is 11.9 Å².